The van der Waals surface area contributed by atoms with Crippen molar-refractivity contribution in [3.8, 4) is 11.4 Å². The Kier molecular flexibility index (Phi) is 4.89. The summed E-state index contributed by atoms with van der Waals surface area (Å²) in [4.78, 5) is 21.4. The molecule has 6 heteroatoms. The number of carbonyl (C=O) groups is 1. The molecule has 0 saturated carbocycles. The monoisotopic (exact) mass is 476 g/mol. The molecule has 1 N–H and O–H groups in total. The average Bonchev–Trinajstić information content (AvgIpc) is 3.59. The molecule has 5 nitrogen and oxygen atoms in total. The summed E-state index contributed by atoms with van der Waals surface area (Å²) >= 11 is 0. The molecule has 36 heavy (non-hydrogen) atoms. The molecule has 5 aromatic rings. The van der Waals surface area contributed by atoms with E-state index in [0.29, 0.717) is 23.0 Å². The molecule has 2 saturated heterocycles. The number of rotatable bonds is 4. The number of amides is 1. The van der Waals surface area contributed by atoms with Crippen LogP contribution in [-0.2, 0) is 6.42 Å². The van der Waals surface area contributed by atoms with Gasteiger partial charge in [-0.05, 0) is 65.9 Å². The lowest BCUT2D eigenvalue weighted by molar-refractivity contribution is 0.0197. The summed E-state index contributed by atoms with van der Waals surface area (Å²) in [6, 6.07) is 27.7. The summed E-state index contributed by atoms with van der Waals surface area (Å²) in [5.41, 5.74) is 3.65. The first-order valence-electron chi connectivity index (χ1n) is 12.5. The van der Waals surface area contributed by atoms with Crippen LogP contribution in [0.2, 0.25) is 0 Å². The Morgan fingerprint density at radius 2 is 1.75 bits per heavy atom. The number of hydrogen-bond acceptors (Lipinski definition) is 3. The van der Waals surface area contributed by atoms with Crippen LogP contribution in [0.15, 0.2) is 84.9 Å². The maximum Gasteiger partial charge on any atom is 0.268 e. The van der Waals surface area contributed by atoms with Gasteiger partial charge in [-0.3, -0.25) is 9.80 Å². The van der Waals surface area contributed by atoms with Crippen molar-refractivity contribution in [3.63, 3.8) is 0 Å². The first-order valence-corrected chi connectivity index (χ1v) is 12.5. The molecule has 0 spiro atoms. The van der Waals surface area contributed by atoms with Gasteiger partial charge in [0.05, 0.1) is 22.6 Å². The zero-order valence-corrected chi connectivity index (χ0v) is 19.7. The zero-order chi connectivity index (χ0) is 24.2. The Morgan fingerprint density at radius 3 is 2.56 bits per heavy atom. The molecular formula is C30H25FN4O. The van der Waals surface area contributed by atoms with Gasteiger partial charge in [0.25, 0.3) is 5.91 Å². The minimum absolute atomic E-state index is 0.130. The number of aromatic nitrogens is 2. The highest BCUT2D eigenvalue weighted by Gasteiger charge is 2.47. The quantitative estimate of drug-likeness (QED) is 0.348. The first-order chi connectivity index (χ1) is 17.6. The SMILES string of the molecule is O=C(c1ccc(-c2nc3cc4ccccc4cc3[nH]2)c(F)c1)N1C2CCN1C(Cc1ccccc1)C2. The van der Waals surface area contributed by atoms with Crippen LogP contribution in [0.3, 0.4) is 0 Å². The molecule has 3 heterocycles. The van der Waals surface area contributed by atoms with Crippen molar-refractivity contribution in [3.05, 3.63) is 102 Å². The second-order valence-corrected chi connectivity index (χ2v) is 9.83. The normalized spacial score (nSPS) is 21.0. The van der Waals surface area contributed by atoms with E-state index >= 15 is 4.39 Å². The maximum absolute atomic E-state index is 15.3. The fourth-order valence-corrected chi connectivity index (χ4v) is 5.89. The predicted octanol–water partition coefficient (Wildman–Crippen LogP) is 5.97. The van der Waals surface area contributed by atoms with Gasteiger partial charge in [-0.25, -0.2) is 14.4 Å². The third kappa shape index (κ3) is 3.48. The van der Waals surface area contributed by atoms with Gasteiger partial charge in [-0.1, -0.05) is 54.6 Å². The van der Waals surface area contributed by atoms with Crippen molar-refractivity contribution < 1.29 is 9.18 Å². The minimum atomic E-state index is -0.452. The van der Waals surface area contributed by atoms with Gasteiger partial charge >= 0.3 is 0 Å². The summed E-state index contributed by atoms with van der Waals surface area (Å²) in [6.45, 7) is 0.863. The first kappa shape index (κ1) is 21.3. The van der Waals surface area contributed by atoms with E-state index in [0.717, 1.165) is 47.6 Å². The number of halogens is 1. The standard InChI is InChI=1S/C30H25FN4O/c31-26-15-22(30(36)35-23-12-13-34(35)24(18-23)14-19-6-2-1-3-7-19)10-11-25(26)29-32-27-16-20-8-4-5-9-21(20)17-28(27)33-29/h1-11,15-17,23-24H,12-14,18H2,(H,32,33). The van der Waals surface area contributed by atoms with Gasteiger partial charge < -0.3 is 4.98 Å². The molecular weight excluding hydrogens is 451 g/mol. The van der Waals surface area contributed by atoms with E-state index in [1.54, 1.807) is 12.1 Å². The van der Waals surface area contributed by atoms with E-state index in [9.17, 15) is 4.79 Å². The van der Waals surface area contributed by atoms with Crippen LogP contribution in [0, 0.1) is 5.82 Å². The topological polar surface area (TPSA) is 52.2 Å². The molecule has 0 radical (unpaired) electrons. The molecule has 0 aliphatic carbocycles. The van der Waals surface area contributed by atoms with E-state index in [-0.39, 0.29) is 11.9 Å². The fraction of sp³-hybridized carbons (Fsp3) is 0.200. The highest BCUT2D eigenvalue weighted by molar-refractivity contribution is 5.97. The van der Waals surface area contributed by atoms with Crippen molar-refractivity contribution >= 4 is 27.7 Å². The summed E-state index contributed by atoms with van der Waals surface area (Å²) in [7, 11) is 0. The van der Waals surface area contributed by atoms with Crippen LogP contribution in [0.1, 0.15) is 28.8 Å². The van der Waals surface area contributed by atoms with Gasteiger partial charge in [0.15, 0.2) is 0 Å². The lowest BCUT2D eigenvalue weighted by Gasteiger charge is -2.28. The van der Waals surface area contributed by atoms with Gasteiger partial charge in [0, 0.05) is 18.2 Å². The number of imidazole rings is 1. The van der Waals surface area contributed by atoms with E-state index in [1.165, 1.54) is 11.6 Å². The highest BCUT2D eigenvalue weighted by atomic mass is 19.1. The van der Waals surface area contributed by atoms with Crippen LogP contribution in [0.5, 0.6) is 0 Å². The zero-order valence-electron chi connectivity index (χ0n) is 19.7. The third-order valence-corrected chi connectivity index (χ3v) is 7.62. The molecule has 3 atom stereocenters. The number of H-pyrrole nitrogens is 1. The molecule has 178 valence electrons. The Hall–Kier alpha value is -4.03. The van der Waals surface area contributed by atoms with Crippen molar-refractivity contribution in [2.75, 3.05) is 6.54 Å². The van der Waals surface area contributed by atoms with Crippen molar-refractivity contribution in [1.29, 1.82) is 0 Å². The Morgan fingerprint density at radius 1 is 0.972 bits per heavy atom. The van der Waals surface area contributed by atoms with Crippen LogP contribution >= 0.6 is 0 Å². The van der Waals surface area contributed by atoms with Gasteiger partial charge in [0.1, 0.15) is 11.6 Å². The second-order valence-electron chi connectivity index (χ2n) is 9.83. The molecule has 2 fully saturated rings. The van der Waals surface area contributed by atoms with Gasteiger partial charge in [-0.15, -0.1) is 0 Å². The predicted molar refractivity (Wildman–Crippen MR) is 139 cm³/mol. The number of aromatic amines is 1. The van der Waals surface area contributed by atoms with E-state index in [2.05, 4.69) is 39.2 Å². The summed E-state index contributed by atoms with van der Waals surface area (Å²) in [5, 5.41) is 6.25. The van der Waals surface area contributed by atoms with E-state index in [4.69, 9.17) is 0 Å². The molecule has 1 amide bonds. The molecule has 3 unspecified atom stereocenters. The molecule has 2 aliphatic heterocycles. The van der Waals surface area contributed by atoms with Crippen molar-refractivity contribution in [1.82, 2.24) is 20.0 Å². The highest BCUT2D eigenvalue weighted by Crippen LogP contribution is 2.37. The summed E-state index contributed by atoms with van der Waals surface area (Å²) in [6.07, 6.45) is 2.83. The van der Waals surface area contributed by atoms with E-state index in [1.807, 2.05) is 47.5 Å². The molecule has 7 rings (SSSR count). The van der Waals surface area contributed by atoms with Gasteiger partial charge in [0.2, 0.25) is 0 Å². The van der Waals surface area contributed by atoms with Crippen LogP contribution in [0.25, 0.3) is 33.2 Å². The smallest absolute Gasteiger partial charge is 0.268 e. The minimum Gasteiger partial charge on any atom is -0.338 e. The largest absolute Gasteiger partial charge is 0.338 e. The number of nitrogens with zero attached hydrogens (tertiary/aromatic N) is 3. The Balaban J connectivity index is 1.15. The Bertz CT molecular complexity index is 1560. The fourth-order valence-electron chi connectivity index (χ4n) is 5.89. The lowest BCUT2D eigenvalue weighted by atomic mass is 9.97. The average molecular weight is 477 g/mol. The maximum atomic E-state index is 15.3. The van der Waals surface area contributed by atoms with Crippen molar-refractivity contribution in [2.24, 2.45) is 0 Å². The second kappa shape index (κ2) is 8.28. The van der Waals surface area contributed by atoms with Crippen molar-refractivity contribution in [2.45, 2.75) is 31.3 Å². The molecule has 1 aromatic heterocycles. The van der Waals surface area contributed by atoms with Crippen LogP contribution < -0.4 is 0 Å². The molecule has 4 aromatic carbocycles. The number of hydrogen-bond donors (Lipinski definition) is 1. The third-order valence-electron chi connectivity index (χ3n) is 7.62. The number of hydrazine groups is 1. The number of carbonyl (C=O) groups excluding carboxylic acids is 1. The van der Waals surface area contributed by atoms with Gasteiger partial charge in [-0.2, -0.15) is 0 Å². The molecule has 2 bridgehead atoms. The molecule has 2 aliphatic rings. The van der Waals surface area contributed by atoms with Crippen LogP contribution in [0.4, 0.5) is 4.39 Å². The van der Waals surface area contributed by atoms with Crippen LogP contribution in [-0.4, -0.2) is 44.5 Å². The summed E-state index contributed by atoms with van der Waals surface area (Å²) < 4.78 is 15.3. The van der Waals surface area contributed by atoms with E-state index < -0.39 is 5.82 Å². The summed E-state index contributed by atoms with van der Waals surface area (Å²) in [5.74, 6) is -0.120. The number of fused-ring (bicyclic) bond motifs is 4. The lowest BCUT2D eigenvalue weighted by Crippen LogP contribution is -2.42. The Labute approximate surface area is 208 Å². The number of nitrogens with one attached hydrogen (secondary N) is 1. The number of benzene rings is 4. The number of piperidine rings is 1.